The molecule has 1 aromatic heterocycles. The van der Waals surface area contributed by atoms with Crippen LogP contribution in [0.15, 0.2) is 36.4 Å². The fourth-order valence-electron chi connectivity index (χ4n) is 3.93. The highest BCUT2D eigenvalue weighted by Crippen LogP contribution is 2.38. The second kappa shape index (κ2) is 4.90. The lowest BCUT2D eigenvalue weighted by molar-refractivity contribution is 0.0630. The van der Waals surface area contributed by atoms with Crippen molar-refractivity contribution in [1.82, 2.24) is 9.88 Å². The number of hydrogen-bond donors (Lipinski definition) is 1. The van der Waals surface area contributed by atoms with Crippen LogP contribution in [0.2, 0.25) is 0 Å². The first-order chi connectivity index (χ1) is 10.7. The van der Waals surface area contributed by atoms with E-state index in [0.717, 1.165) is 42.3 Å². The molecule has 2 atom stereocenters. The largest absolute Gasteiger partial charge is 0.497 e. The van der Waals surface area contributed by atoms with E-state index in [9.17, 15) is 4.79 Å². The average molecular weight is 296 g/mol. The second-order valence-electron chi connectivity index (χ2n) is 6.39. The molecule has 2 aliphatic rings. The summed E-state index contributed by atoms with van der Waals surface area (Å²) in [6.07, 6.45) is 4.11. The van der Waals surface area contributed by atoms with E-state index in [1.807, 2.05) is 24.3 Å². The van der Waals surface area contributed by atoms with Crippen LogP contribution in [0.4, 0.5) is 0 Å². The molecule has 1 aromatic carbocycles. The van der Waals surface area contributed by atoms with Gasteiger partial charge in [0.25, 0.3) is 5.91 Å². The highest BCUT2D eigenvalue weighted by atomic mass is 16.5. The SMILES string of the molecule is C=C1CC2CCC(C1)N2C(=O)c1cc2ccc(OC)cc2[nH]1. The summed E-state index contributed by atoms with van der Waals surface area (Å²) in [6, 6.07) is 8.44. The molecule has 2 fully saturated rings. The molecule has 0 saturated carbocycles. The monoisotopic (exact) mass is 296 g/mol. The maximum absolute atomic E-state index is 12.9. The van der Waals surface area contributed by atoms with Crippen molar-refractivity contribution in [1.29, 1.82) is 0 Å². The van der Waals surface area contributed by atoms with E-state index in [1.165, 1.54) is 5.57 Å². The molecule has 0 spiro atoms. The summed E-state index contributed by atoms with van der Waals surface area (Å²) in [4.78, 5) is 18.3. The molecule has 114 valence electrons. The molecule has 22 heavy (non-hydrogen) atoms. The Morgan fingerprint density at radius 3 is 2.68 bits per heavy atom. The van der Waals surface area contributed by atoms with Crippen LogP contribution in [-0.4, -0.2) is 35.0 Å². The summed E-state index contributed by atoms with van der Waals surface area (Å²) in [7, 11) is 1.65. The molecule has 0 radical (unpaired) electrons. The lowest BCUT2D eigenvalue weighted by Crippen LogP contribution is -2.44. The van der Waals surface area contributed by atoms with Crippen molar-refractivity contribution >= 4 is 16.8 Å². The van der Waals surface area contributed by atoms with Crippen molar-refractivity contribution in [2.45, 2.75) is 37.8 Å². The van der Waals surface area contributed by atoms with Gasteiger partial charge < -0.3 is 14.6 Å². The van der Waals surface area contributed by atoms with Gasteiger partial charge in [0.1, 0.15) is 11.4 Å². The van der Waals surface area contributed by atoms with E-state index in [2.05, 4.69) is 16.5 Å². The quantitative estimate of drug-likeness (QED) is 0.862. The number of amides is 1. The molecule has 1 amide bonds. The number of benzene rings is 1. The Bertz CT molecular complexity index is 746. The molecule has 2 aromatic rings. The van der Waals surface area contributed by atoms with Crippen molar-refractivity contribution in [2.75, 3.05) is 7.11 Å². The summed E-state index contributed by atoms with van der Waals surface area (Å²) in [5.41, 5.74) is 2.90. The third-order valence-electron chi connectivity index (χ3n) is 4.96. The van der Waals surface area contributed by atoms with Gasteiger partial charge in [-0.2, -0.15) is 0 Å². The minimum absolute atomic E-state index is 0.121. The van der Waals surface area contributed by atoms with E-state index in [-0.39, 0.29) is 5.91 Å². The average Bonchev–Trinajstić information content (AvgIpc) is 3.05. The van der Waals surface area contributed by atoms with Crippen LogP contribution in [-0.2, 0) is 0 Å². The molecular weight excluding hydrogens is 276 g/mol. The Morgan fingerprint density at radius 1 is 1.27 bits per heavy atom. The molecule has 4 nitrogen and oxygen atoms in total. The Morgan fingerprint density at radius 2 is 2.00 bits per heavy atom. The number of hydrogen-bond acceptors (Lipinski definition) is 2. The Labute approximate surface area is 129 Å². The fraction of sp³-hybridized carbons (Fsp3) is 0.389. The fourth-order valence-corrected chi connectivity index (χ4v) is 3.93. The number of H-pyrrole nitrogens is 1. The molecule has 2 aliphatic heterocycles. The van der Waals surface area contributed by atoms with E-state index in [0.29, 0.717) is 17.8 Å². The number of nitrogens with zero attached hydrogens (tertiary/aromatic N) is 1. The molecule has 2 saturated heterocycles. The van der Waals surface area contributed by atoms with Gasteiger partial charge in [0, 0.05) is 29.1 Å². The number of aromatic nitrogens is 1. The first-order valence-corrected chi connectivity index (χ1v) is 7.82. The number of methoxy groups -OCH3 is 1. The molecule has 4 rings (SSSR count). The Hall–Kier alpha value is -2.23. The number of rotatable bonds is 2. The van der Waals surface area contributed by atoms with Crippen LogP contribution in [0.25, 0.3) is 10.9 Å². The first-order valence-electron chi connectivity index (χ1n) is 7.82. The number of carbonyl (C=O) groups is 1. The minimum Gasteiger partial charge on any atom is -0.497 e. The number of ether oxygens (including phenoxy) is 1. The normalized spacial score (nSPS) is 24.0. The van der Waals surface area contributed by atoms with Gasteiger partial charge in [-0.1, -0.05) is 12.2 Å². The summed E-state index contributed by atoms with van der Waals surface area (Å²) in [5, 5.41) is 1.04. The predicted molar refractivity (Wildman–Crippen MR) is 86.2 cm³/mol. The zero-order valence-corrected chi connectivity index (χ0v) is 12.8. The maximum atomic E-state index is 12.9. The Balaban J connectivity index is 1.67. The van der Waals surface area contributed by atoms with Gasteiger partial charge in [-0.3, -0.25) is 4.79 Å². The van der Waals surface area contributed by atoms with Crippen LogP contribution >= 0.6 is 0 Å². The molecule has 2 bridgehead atoms. The van der Waals surface area contributed by atoms with E-state index < -0.39 is 0 Å². The standard InChI is InChI=1S/C18H20N2O2/c1-11-7-13-4-5-14(8-11)20(13)18(21)17-9-12-3-6-15(22-2)10-16(12)19-17/h3,6,9-10,13-14,19H,1,4-5,7-8H2,2H3. The zero-order chi connectivity index (χ0) is 15.3. The van der Waals surface area contributed by atoms with E-state index >= 15 is 0 Å². The summed E-state index contributed by atoms with van der Waals surface area (Å²) < 4.78 is 5.24. The van der Waals surface area contributed by atoms with Gasteiger partial charge >= 0.3 is 0 Å². The molecule has 3 heterocycles. The van der Waals surface area contributed by atoms with Gasteiger partial charge in [-0.05, 0) is 43.9 Å². The van der Waals surface area contributed by atoms with Crippen molar-refractivity contribution < 1.29 is 9.53 Å². The third-order valence-corrected chi connectivity index (χ3v) is 4.96. The summed E-state index contributed by atoms with van der Waals surface area (Å²) in [5.74, 6) is 0.915. The van der Waals surface area contributed by atoms with E-state index in [1.54, 1.807) is 7.11 Å². The van der Waals surface area contributed by atoms with Crippen molar-refractivity contribution in [3.8, 4) is 5.75 Å². The van der Waals surface area contributed by atoms with Gasteiger partial charge in [-0.15, -0.1) is 0 Å². The van der Waals surface area contributed by atoms with Gasteiger partial charge in [0.15, 0.2) is 0 Å². The van der Waals surface area contributed by atoms with Crippen LogP contribution in [0, 0.1) is 0 Å². The van der Waals surface area contributed by atoms with E-state index in [4.69, 9.17) is 4.74 Å². The Kier molecular flexibility index (Phi) is 2.99. The molecule has 1 N–H and O–H groups in total. The van der Waals surface area contributed by atoms with Crippen molar-refractivity contribution in [3.05, 3.63) is 42.1 Å². The van der Waals surface area contributed by atoms with Gasteiger partial charge in [-0.25, -0.2) is 0 Å². The number of nitrogens with one attached hydrogen (secondary N) is 1. The van der Waals surface area contributed by atoms with Crippen LogP contribution in [0.1, 0.15) is 36.2 Å². The number of aromatic amines is 1. The summed E-state index contributed by atoms with van der Waals surface area (Å²) in [6.45, 7) is 4.12. The summed E-state index contributed by atoms with van der Waals surface area (Å²) >= 11 is 0. The minimum atomic E-state index is 0.121. The van der Waals surface area contributed by atoms with Crippen molar-refractivity contribution in [2.24, 2.45) is 0 Å². The topological polar surface area (TPSA) is 45.3 Å². The first kappa shape index (κ1) is 13.4. The van der Waals surface area contributed by atoms with Gasteiger partial charge in [0.05, 0.1) is 7.11 Å². The number of carbonyl (C=O) groups excluding carboxylic acids is 1. The molecule has 0 aliphatic carbocycles. The van der Waals surface area contributed by atoms with Crippen LogP contribution in [0.5, 0.6) is 5.75 Å². The molecule has 2 unspecified atom stereocenters. The lowest BCUT2D eigenvalue weighted by Gasteiger charge is -2.35. The highest BCUT2D eigenvalue weighted by Gasteiger charge is 2.41. The maximum Gasteiger partial charge on any atom is 0.270 e. The van der Waals surface area contributed by atoms with Crippen molar-refractivity contribution in [3.63, 3.8) is 0 Å². The molecule has 4 heteroatoms. The highest BCUT2D eigenvalue weighted by molar-refractivity contribution is 5.98. The number of piperidine rings is 1. The molecular formula is C18H20N2O2. The van der Waals surface area contributed by atoms with Crippen LogP contribution < -0.4 is 4.74 Å². The number of fused-ring (bicyclic) bond motifs is 3. The second-order valence-corrected chi connectivity index (χ2v) is 6.39. The van der Waals surface area contributed by atoms with Gasteiger partial charge in [0.2, 0.25) is 0 Å². The third kappa shape index (κ3) is 2.02. The lowest BCUT2D eigenvalue weighted by atomic mass is 9.98. The van der Waals surface area contributed by atoms with Crippen LogP contribution in [0.3, 0.4) is 0 Å². The predicted octanol–water partition coefficient (Wildman–Crippen LogP) is 3.50. The zero-order valence-electron chi connectivity index (χ0n) is 12.8. The smallest absolute Gasteiger partial charge is 0.270 e.